The number of fused-ring (bicyclic) bond motifs is 1. The molecule has 3 fully saturated rings. The van der Waals surface area contributed by atoms with Crippen molar-refractivity contribution >= 4 is 5.97 Å². The van der Waals surface area contributed by atoms with Crippen LogP contribution >= 0.6 is 0 Å². The van der Waals surface area contributed by atoms with Gasteiger partial charge in [0.15, 0.2) is 0 Å². The van der Waals surface area contributed by atoms with Crippen molar-refractivity contribution in [3.05, 3.63) is 0 Å². The van der Waals surface area contributed by atoms with E-state index in [4.69, 9.17) is 4.74 Å². The van der Waals surface area contributed by atoms with E-state index in [1.54, 1.807) is 0 Å². The van der Waals surface area contributed by atoms with Crippen LogP contribution in [0.4, 0.5) is 0 Å². The van der Waals surface area contributed by atoms with Gasteiger partial charge in [0.05, 0.1) is 6.10 Å². The molecule has 3 rings (SSSR count). The summed E-state index contributed by atoms with van der Waals surface area (Å²) < 4.78 is 5.84. The summed E-state index contributed by atoms with van der Waals surface area (Å²) in [5.74, 6) is 0.930. The second-order valence-electron chi connectivity index (χ2n) is 7.17. The lowest BCUT2D eigenvalue weighted by molar-refractivity contribution is -0.146. The Morgan fingerprint density at radius 2 is 2.10 bits per heavy atom. The molecule has 4 heteroatoms. The molecule has 1 aliphatic carbocycles. The minimum atomic E-state index is -0.605. The lowest BCUT2D eigenvalue weighted by Gasteiger charge is -2.39. The van der Waals surface area contributed by atoms with Crippen LogP contribution in [0.2, 0.25) is 0 Å². The molecule has 20 heavy (non-hydrogen) atoms. The van der Waals surface area contributed by atoms with E-state index in [0.29, 0.717) is 29.9 Å². The highest BCUT2D eigenvalue weighted by Crippen LogP contribution is 2.44. The Balaban J connectivity index is 1.73. The van der Waals surface area contributed by atoms with E-state index in [1.165, 1.54) is 12.8 Å². The first-order valence-corrected chi connectivity index (χ1v) is 8.18. The van der Waals surface area contributed by atoms with Gasteiger partial charge >= 0.3 is 5.97 Å². The van der Waals surface area contributed by atoms with E-state index in [9.17, 15) is 9.90 Å². The molecule has 0 spiro atoms. The van der Waals surface area contributed by atoms with Crippen LogP contribution in [0.25, 0.3) is 0 Å². The van der Waals surface area contributed by atoms with Gasteiger partial charge in [0.25, 0.3) is 0 Å². The molecule has 0 aromatic rings. The van der Waals surface area contributed by atoms with Crippen LogP contribution in [-0.4, -0.2) is 47.3 Å². The highest BCUT2D eigenvalue weighted by atomic mass is 16.5. The molecule has 2 saturated heterocycles. The van der Waals surface area contributed by atoms with Gasteiger partial charge in [0.1, 0.15) is 6.04 Å². The third-order valence-corrected chi connectivity index (χ3v) is 5.68. The fourth-order valence-electron chi connectivity index (χ4n) is 4.61. The van der Waals surface area contributed by atoms with E-state index in [-0.39, 0.29) is 6.04 Å². The summed E-state index contributed by atoms with van der Waals surface area (Å²) in [5, 5.41) is 9.66. The number of rotatable bonds is 3. The number of nitrogens with zero attached hydrogens (tertiary/aromatic N) is 1. The van der Waals surface area contributed by atoms with E-state index >= 15 is 0 Å². The largest absolute Gasteiger partial charge is 0.480 e. The highest BCUT2D eigenvalue weighted by Gasteiger charge is 2.50. The molecule has 1 saturated carbocycles. The Hall–Kier alpha value is -0.610. The summed E-state index contributed by atoms with van der Waals surface area (Å²) in [5.41, 5.74) is 0. The van der Waals surface area contributed by atoms with E-state index in [0.717, 1.165) is 32.4 Å². The third kappa shape index (κ3) is 2.48. The maximum Gasteiger partial charge on any atom is 0.321 e. The average Bonchev–Trinajstić information content (AvgIpc) is 2.97. The van der Waals surface area contributed by atoms with Crippen LogP contribution in [0.15, 0.2) is 0 Å². The minimum absolute atomic E-state index is 0.238. The first kappa shape index (κ1) is 14.3. The molecule has 0 amide bonds. The number of carboxylic acids is 1. The molecular weight excluding hydrogens is 254 g/mol. The Morgan fingerprint density at radius 1 is 1.30 bits per heavy atom. The quantitative estimate of drug-likeness (QED) is 0.863. The van der Waals surface area contributed by atoms with Crippen LogP contribution in [0.5, 0.6) is 0 Å². The van der Waals surface area contributed by atoms with Crippen molar-refractivity contribution in [3.63, 3.8) is 0 Å². The fourth-order valence-corrected chi connectivity index (χ4v) is 4.61. The summed E-state index contributed by atoms with van der Waals surface area (Å²) in [6.07, 6.45) is 5.84. The SMILES string of the molecule is CC(C)C1CC(N2CC3CCCC3C2C(=O)O)CCO1. The summed E-state index contributed by atoms with van der Waals surface area (Å²) in [6, 6.07) is 0.168. The summed E-state index contributed by atoms with van der Waals surface area (Å²) in [4.78, 5) is 14.1. The van der Waals surface area contributed by atoms with Crippen molar-refractivity contribution in [2.75, 3.05) is 13.2 Å². The van der Waals surface area contributed by atoms with Crippen molar-refractivity contribution in [3.8, 4) is 0 Å². The Labute approximate surface area is 121 Å². The molecule has 4 nitrogen and oxygen atoms in total. The van der Waals surface area contributed by atoms with Crippen molar-refractivity contribution < 1.29 is 14.6 Å². The number of aliphatic carboxylic acids is 1. The van der Waals surface area contributed by atoms with Crippen LogP contribution in [0.3, 0.4) is 0 Å². The highest BCUT2D eigenvalue weighted by molar-refractivity contribution is 5.74. The van der Waals surface area contributed by atoms with Gasteiger partial charge in [-0.15, -0.1) is 0 Å². The minimum Gasteiger partial charge on any atom is -0.480 e. The zero-order chi connectivity index (χ0) is 14.3. The zero-order valence-corrected chi connectivity index (χ0v) is 12.6. The number of hydrogen-bond acceptors (Lipinski definition) is 3. The van der Waals surface area contributed by atoms with Gasteiger partial charge in [0, 0.05) is 19.2 Å². The van der Waals surface area contributed by atoms with Crippen LogP contribution in [-0.2, 0) is 9.53 Å². The standard InChI is InChI=1S/C16H27NO3/c1-10(2)14-8-12(6-7-20-14)17-9-11-4-3-5-13(11)15(17)16(18)19/h10-15H,3-9H2,1-2H3,(H,18,19). The molecule has 5 unspecified atom stereocenters. The smallest absolute Gasteiger partial charge is 0.321 e. The fraction of sp³-hybridized carbons (Fsp3) is 0.938. The normalized spacial score (nSPS) is 42.0. The molecule has 2 heterocycles. The van der Waals surface area contributed by atoms with Crippen LogP contribution < -0.4 is 0 Å². The molecule has 5 atom stereocenters. The molecule has 3 aliphatic rings. The summed E-state index contributed by atoms with van der Waals surface area (Å²) in [7, 11) is 0. The molecule has 114 valence electrons. The number of hydrogen-bond donors (Lipinski definition) is 1. The second-order valence-corrected chi connectivity index (χ2v) is 7.17. The second kappa shape index (κ2) is 5.64. The summed E-state index contributed by atoms with van der Waals surface area (Å²) in [6.45, 7) is 6.17. The Bertz CT molecular complexity index is 371. The van der Waals surface area contributed by atoms with Crippen molar-refractivity contribution in [1.82, 2.24) is 4.90 Å². The van der Waals surface area contributed by atoms with Gasteiger partial charge in [-0.3, -0.25) is 9.69 Å². The Kier molecular flexibility index (Phi) is 4.04. The molecule has 0 aromatic carbocycles. The zero-order valence-electron chi connectivity index (χ0n) is 12.6. The maximum absolute atomic E-state index is 11.7. The number of carboxylic acid groups (broad SMARTS) is 1. The van der Waals surface area contributed by atoms with Gasteiger partial charge in [-0.1, -0.05) is 20.3 Å². The van der Waals surface area contributed by atoms with E-state index in [2.05, 4.69) is 18.7 Å². The first-order valence-electron chi connectivity index (χ1n) is 8.18. The third-order valence-electron chi connectivity index (χ3n) is 5.68. The first-order chi connectivity index (χ1) is 9.58. The molecule has 1 N–H and O–H groups in total. The van der Waals surface area contributed by atoms with Crippen LogP contribution in [0, 0.1) is 17.8 Å². The van der Waals surface area contributed by atoms with E-state index in [1.807, 2.05) is 0 Å². The predicted molar refractivity (Wildman–Crippen MR) is 76.6 cm³/mol. The maximum atomic E-state index is 11.7. The molecule has 2 aliphatic heterocycles. The Morgan fingerprint density at radius 3 is 2.80 bits per heavy atom. The van der Waals surface area contributed by atoms with Crippen LogP contribution in [0.1, 0.15) is 46.0 Å². The topological polar surface area (TPSA) is 49.8 Å². The van der Waals surface area contributed by atoms with E-state index < -0.39 is 5.97 Å². The van der Waals surface area contributed by atoms with Gasteiger partial charge in [-0.25, -0.2) is 0 Å². The van der Waals surface area contributed by atoms with Gasteiger partial charge in [-0.05, 0) is 43.4 Å². The van der Waals surface area contributed by atoms with Gasteiger partial charge < -0.3 is 9.84 Å². The predicted octanol–water partition coefficient (Wildman–Crippen LogP) is 2.38. The molecule has 0 bridgehead atoms. The summed E-state index contributed by atoms with van der Waals surface area (Å²) >= 11 is 0. The van der Waals surface area contributed by atoms with Gasteiger partial charge in [-0.2, -0.15) is 0 Å². The van der Waals surface area contributed by atoms with Gasteiger partial charge in [0.2, 0.25) is 0 Å². The van der Waals surface area contributed by atoms with Crippen molar-refractivity contribution in [2.45, 2.75) is 64.1 Å². The van der Waals surface area contributed by atoms with Crippen molar-refractivity contribution in [1.29, 1.82) is 0 Å². The lowest BCUT2D eigenvalue weighted by Crippen LogP contribution is -2.49. The monoisotopic (exact) mass is 281 g/mol. The van der Waals surface area contributed by atoms with Crippen molar-refractivity contribution in [2.24, 2.45) is 17.8 Å². The number of carbonyl (C=O) groups is 1. The molecular formula is C16H27NO3. The molecule has 0 radical (unpaired) electrons. The lowest BCUT2D eigenvalue weighted by atomic mass is 9.92. The molecule has 0 aromatic heterocycles. The average molecular weight is 281 g/mol. The number of likely N-dealkylation sites (tertiary alicyclic amines) is 1. The number of ether oxygens (including phenoxy) is 1.